The molecule has 121 heavy (non-hydrogen) atoms. The van der Waals surface area contributed by atoms with Crippen LogP contribution in [0.4, 0.5) is 4.79 Å². The number of likely N-dealkylation sites (tertiary alicyclic amines) is 3. The van der Waals surface area contributed by atoms with E-state index in [1.807, 2.05) is 20.9 Å². The number of carbonyl (C=O) groups excluding carboxylic acids is 4. The Morgan fingerprint density at radius 3 is 1.38 bits per heavy atom. The number of aliphatic imine (C=N–C) groups is 5. The molecule has 0 aromatic carbocycles. The molecule has 8 aliphatic heterocycles. The Morgan fingerprint density at radius 1 is 0.537 bits per heavy atom. The van der Waals surface area contributed by atoms with E-state index in [9.17, 15) is 19.2 Å². The van der Waals surface area contributed by atoms with Gasteiger partial charge in [-0.25, -0.2) is 4.79 Å². The van der Waals surface area contributed by atoms with Crippen LogP contribution in [0.5, 0.6) is 0 Å². The summed E-state index contributed by atoms with van der Waals surface area (Å²) in [5.74, 6) is 6.65. The fourth-order valence-electron chi connectivity index (χ4n) is 13.3. The van der Waals surface area contributed by atoms with Crippen molar-refractivity contribution >= 4 is 71.4 Å². The van der Waals surface area contributed by atoms with Crippen LogP contribution < -0.4 is 64.6 Å². The summed E-state index contributed by atoms with van der Waals surface area (Å²) < 4.78 is 10.2. The van der Waals surface area contributed by atoms with Gasteiger partial charge in [0.25, 0.3) is 0 Å². The highest BCUT2D eigenvalue weighted by Crippen LogP contribution is 2.32. The van der Waals surface area contributed by atoms with Gasteiger partial charge in [0, 0.05) is 151 Å². The van der Waals surface area contributed by atoms with Crippen molar-refractivity contribution in [1.82, 2.24) is 82.6 Å². The molecule has 8 heterocycles. The Bertz CT molecular complexity index is 3130. The largest absolute Gasteiger partial charge is 0.383 e. The fourth-order valence-corrected chi connectivity index (χ4v) is 13.3. The molecule has 8 aliphatic rings. The number of urea groups is 1. The number of nitrogens with two attached hydrogens (primary N) is 2. The van der Waals surface area contributed by atoms with E-state index in [-0.39, 0.29) is 51.8 Å². The number of carbonyl (C=O) groups is 4. The number of nitrogens with one attached hydrogen (secondary N) is 13. The second kappa shape index (κ2) is 57.4. The topological polar surface area (TPSA) is 436 Å². The van der Waals surface area contributed by atoms with Crippen molar-refractivity contribution < 1.29 is 28.7 Å². The van der Waals surface area contributed by atoms with Gasteiger partial charge in [-0.3, -0.25) is 87.1 Å². The molecule has 0 saturated carbocycles. The van der Waals surface area contributed by atoms with Crippen LogP contribution in [0.1, 0.15) is 256 Å². The van der Waals surface area contributed by atoms with Crippen LogP contribution in [0.15, 0.2) is 25.0 Å². The molecule has 0 aromatic heterocycles. The number of piperazine rings is 1. The van der Waals surface area contributed by atoms with Crippen LogP contribution >= 0.6 is 0 Å². The summed E-state index contributed by atoms with van der Waals surface area (Å²) in [5.41, 5.74) is 12.6. The number of methoxy groups -OCH3 is 1. The molecule has 33 nitrogen and oxygen atoms in total. The van der Waals surface area contributed by atoms with Crippen molar-refractivity contribution in [1.29, 1.82) is 21.5 Å². The van der Waals surface area contributed by atoms with E-state index >= 15 is 0 Å². The van der Waals surface area contributed by atoms with Crippen molar-refractivity contribution in [3.63, 3.8) is 0 Å². The van der Waals surface area contributed by atoms with Gasteiger partial charge in [0.1, 0.15) is 0 Å². The van der Waals surface area contributed by atoms with E-state index in [1.165, 1.54) is 32.1 Å². The first kappa shape index (κ1) is 111. The summed E-state index contributed by atoms with van der Waals surface area (Å²) in [6, 6.07) is -0.580. The molecule has 0 aromatic rings. The van der Waals surface area contributed by atoms with Gasteiger partial charge in [-0.15, -0.1) is 0 Å². The first-order chi connectivity index (χ1) is 56.3. The molecule has 5 saturated heterocycles. The highest BCUT2D eigenvalue weighted by Gasteiger charge is 2.31. The maximum atomic E-state index is 11.7. The molecule has 0 spiro atoms. The van der Waals surface area contributed by atoms with Gasteiger partial charge >= 0.3 is 6.03 Å². The fraction of sp³-hybridized carbons (Fsp3) is 0.852. The predicted molar refractivity (Wildman–Crippen MR) is 500 cm³/mol. The van der Waals surface area contributed by atoms with Crippen LogP contribution in [-0.2, 0) is 23.9 Å². The third-order valence-corrected chi connectivity index (χ3v) is 19.4. The molecule has 33 heteroatoms. The summed E-state index contributed by atoms with van der Waals surface area (Å²) in [4.78, 5) is 79.6. The number of hydrogen-bond acceptors (Lipinski definition) is 21. The van der Waals surface area contributed by atoms with Crippen molar-refractivity contribution in [2.45, 2.75) is 256 Å². The summed E-state index contributed by atoms with van der Waals surface area (Å²) >= 11 is 0. The standard InChI is InChI=1S/C14H29N5O2.C14H26N4.C13H25N3O.C12H23N3O2.C10H19N3O.C10H21N3.C8H17N3.C7H15N3/c1-14(2,3)11-18-6-8-19(9-7-18)13(17-12(15)20)16-5-10-21-4;1-5-7-16-13(17-11-15)18-8-6-12(10-18)9-14(2,3)4;1-13(2,3)8-7-11(17)15-12(14)16-9-5-4-6-10-16;1-12(2,3)5-4-10(16)14-11(13)15-6-8-17-9-7-15;1-10(2,3)5-4-8(14)13-9-11-6-7-12-9;1-10(2,3)6-8-4-5-13(7-8)9(11)12;1-8(2,3)6-11-7-9-4-5-10-7;1-6(2)5-10-7-8-3-4-9-7/h5-11H2,1-4H3,(H3,15,16,17,20);12H,5-10H2,1-4H3,(H,16,17);4-10H2,1-3H3,(H2,14,15,17);4-9H2,1-3H3,(H2,13,14,16);4-7H2,1-3H3,(H2,11,12,13,14);8H,4-7H2,1-3H3,(H3,11,12);4-6H2,1-3H3,(H2,9,10,11);6H,3-5H2,1-2H3,(H2,8,9,10). The average Bonchev–Trinajstić information content (AvgIpc) is 1.40. The molecule has 17 N–H and O–H groups in total. The molecule has 0 radical (unpaired) electrons. The van der Waals surface area contributed by atoms with E-state index in [2.05, 4.69) is 259 Å². The Labute approximate surface area is 732 Å². The summed E-state index contributed by atoms with van der Waals surface area (Å²) in [6.45, 7) is 74.8. The van der Waals surface area contributed by atoms with Crippen molar-refractivity contribution in [3.05, 3.63) is 0 Å². The number of morpholine rings is 1. The smallest absolute Gasteiger partial charge is 0.318 e. The highest BCUT2D eigenvalue weighted by molar-refractivity contribution is 5.98. The molecule has 0 bridgehead atoms. The quantitative estimate of drug-likeness (QED) is 0.0212. The monoisotopic (exact) mass is 1710 g/mol. The lowest BCUT2D eigenvalue weighted by Gasteiger charge is -2.38. The lowest BCUT2D eigenvalue weighted by Crippen LogP contribution is -2.55. The summed E-state index contributed by atoms with van der Waals surface area (Å²) in [7, 11) is 1.63. The molecular weight excluding hydrogens is 1530 g/mol. The van der Waals surface area contributed by atoms with Gasteiger partial charge < -0.3 is 72.0 Å². The number of ether oxygens (including phenoxy) is 2. The van der Waals surface area contributed by atoms with Gasteiger partial charge in [0.05, 0.1) is 46.0 Å². The SMILES string of the molecule is CC(C)(C)CC1CCN(C(=N)N)C1.CC(C)(C)CCC(=O)NC(=N)N1CCCCC1.CC(C)(C)CCC(=O)NC(=N)N1CCOCC1.CC(C)(C)CCC(=O)NC1=NCCN1.CC(C)(C)CNC1=NCCN1.CC(C)CNC1=NCCN1.CCCN=C(NC#N)N1CCC(CC(C)(C)C)C1.COCCN=C(NC(N)=O)N1CCN(CC(C)(C)C)CC1. The normalized spacial score (nSPS) is 18.3. The third-order valence-electron chi connectivity index (χ3n) is 19.4. The predicted octanol–water partition coefficient (Wildman–Crippen LogP) is 9.75. The average molecular weight is 1710 g/mol. The Balaban J connectivity index is 0.000000698. The van der Waals surface area contributed by atoms with E-state index in [0.29, 0.717) is 98.2 Å². The number of amides is 5. The minimum Gasteiger partial charge on any atom is -0.383 e. The summed E-state index contributed by atoms with van der Waals surface area (Å²) in [6.07, 6.45) is 15.5. The second-order valence-corrected chi connectivity index (χ2v) is 41.4. The molecule has 2 atom stereocenters. The number of rotatable bonds is 17. The van der Waals surface area contributed by atoms with Crippen LogP contribution in [0.25, 0.3) is 0 Å². The summed E-state index contributed by atoms with van der Waals surface area (Å²) in [5, 5.41) is 60.9. The van der Waals surface area contributed by atoms with E-state index in [4.69, 9.17) is 42.4 Å². The van der Waals surface area contributed by atoms with E-state index in [0.717, 1.165) is 199 Å². The van der Waals surface area contributed by atoms with Gasteiger partial charge in [0.15, 0.2) is 42.0 Å². The first-order valence-corrected chi connectivity index (χ1v) is 44.8. The van der Waals surface area contributed by atoms with Gasteiger partial charge in [0.2, 0.25) is 29.6 Å². The van der Waals surface area contributed by atoms with Crippen molar-refractivity contribution in [3.8, 4) is 6.19 Å². The Kier molecular flexibility index (Phi) is 52.7. The van der Waals surface area contributed by atoms with Gasteiger partial charge in [-0.1, -0.05) is 166 Å². The second-order valence-electron chi connectivity index (χ2n) is 41.4. The molecular formula is C88H175N27O6. The maximum absolute atomic E-state index is 11.7. The minimum absolute atomic E-state index is 0.0319. The van der Waals surface area contributed by atoms with E-state index < -0.39 is 6.03 Å². The maximum Gasteiger partial charge on any atom is 0.318 e. The lowest BCUT2D eigenvalue weighted by atomic mass is 9.84. The van der Waals surface area contributed by atoms with Crippen molar-refractivity contribution in [2.24, 2.45) is 92.1 Å². The molecule has 5 amide bonds. The number of nitrogens with zero attached hydrogens (tertiary/aromatic N) is 12. The van der Waals surface area contributed by atoms with E-state index in [1.54, 1.807) is 7.11 Å². The minimum atomic E-state index is -0.580. The molecule has 8 rings (SSSR count). The zero-order chi connectivity index (χ0) is 91.6. The zero-order valence-corrected chi connectivity index (χ0v) is 80.5. The molecule has 2 unspecified atom stereocenters. The molecule has 698 valence electrons. The van der Waals surface area contributed by atoms with Crippen molar-refractivity contribution in [2.75, 3.05) is 177 Å². The number of piperidine rings is 1. The van der Waals surface area contributed by atoms with Crippen LogP contribution in [-0.4, -0.2) is 278 Å². The third kappa shape index (κ3) is 61.1. The Morgan fingerprint density at radius 2 is 0.983 bits per heavy atom. The van der Waals surface area contributed by atoms with Crippen LogP contribution in [0.3, 0.4) is 0 Å². The molecule has 0 aliphatic carbocycles. The number of nitriles is 1. The van der Waals surface area contributed by atoms with Crippen LogP contribution in [0, 0.1) is 83.3 Å². The number of guanidine groups is 8. The van der Waals surface area contributed by atoms with Crippen LogP contribution in [0.2, 0.25) is 0 Å². The first-order valence-electron chi connectivity index (χ1n) is 44.8. The Hall–Kier alpha value is -7.99. The lowest BCUT2D eigenvalue weighted by molar-refractivity contribution is -0.121. The highest BCUT2D eigenvalue weighted by atomic mass is 16.5. The number of hydrogen-bond donors (Lipinski definition) is 15. The van der Waals surface area contributed by atoms with Gasteiger partial charge in [-0.2, -0.15) is 5.26 Å². The zero-order valence-electron chi connectivity index (χ0n) is 80.5. The molecule has 5 fully saturated rings. The number of primary amides is 1. The van der Waals surface area contributed by atoms with Gasteiger partial charge in [-0.05, 0) is 126 Å².